The number of nitrogens with zero attached hydrogens (tertiary/aromatic N) is 3. The molecule has 3 aliphatic rings. The number of hydrogen-bond donors (Lipinski definition) is 0. The number of hydrazone groups is 1. The van der Waals surface area contributed by atoms with E-state index in [1.807, 2.05) is 18.2 Å². The Balaban J connectivity index is 1.60. The third-order valence-corrected chi connectivity index (χ3v) is 5.63. The van der Waals surface area contributed by atoms with Crippen molar-refractivity contribution in [3.63, 3.8) is 0 Å². The van der Waals surface area contributed by atoms with Crippen molar-refractivity contribution >= 4 is 29.5 Å². The Morgan fingerprint density at radius 1 is 0.857 bits per heavy atom. The second kappa shape index (κ2) is 6.27. The summed E-state index contributed by atoms with van der Waals surface area (Å²) in [5.41, 5.74) is 1.04. The average molecular weight is 371 g/mol. The molecule has 3 aliphatic heterocycles. The molecule has 0 saturated carbocycles. The molecule has 2 saturated heterocycles. The van der Waals surface area contributed by atoms with Gasteiger partial charge < -0.3 is 0 Å². The first-order valence-corrected chi connectivity index (χ1v) is 9.20. The van der Waals surface area contributed by atoms with Crippen molar-refractivity contribution in [1.29, 1.82) is 0 Å². The molecule has 2 amide bonds. The zero-order valence-electron chi connectivity index (χ0n) is 14.9. The maximum Gasteiger partial charge on any atom is 0.240 e. The summed E-state index contributed by atoms with van der Waals surface area (Å²) < 4.78 is 0. The summed E-state index contributed by atoms with van der Waals surface area (Å²) in [6, 6.07) is 16.5. The topological polar surface area (TPSA) is 70.0 Å². The Bertz CT molecular complexity index is 1020. The summed E-state index contributed by atoms with van der Waals surface area (Å²) in [6.45, 7) is 0. The minimum atomic E-state index is -0.802. The molecule has 4 atom stereocenters. The molecule has 138 valence electrons. The summed E-state index contributed by atoms with van der Waals surface area (Å²) in [4.78, 5) is 41.1. The number of imide groups is 1. The highest BCUT2D eigenvalue weighted by atomic mass is 16.2. The molecule has 28 heavy (non-hydrogen) atoms. The second-order valence-corrected chi connectivity index (χ2v) is 7.09. The first-order valence-electron chi connectivity index (χ1n) is 9.20. The van der Waals surface area contributed by atoms with E-state index in [4.69, 9.17) is 0 Å². The monoisotopic (exact) mass is 371 g/mol. The third kappa shape index (κ3) is 2.27. The van der Waals surface area contributed by atoms with Gasteiger partial charge in [-0.15, -0.1) is 0 Å². The van der Waals surface area contributed by atoms with Crippen LogP contribution in [-0.4, -0.2) is 40.9 Å². The molecular weight excluding hydrogens is 354 g/mol. The Hall–Kier alpha value is -3.54. The molecule has 0 aliphatic carbocycles. The van der Waals surface area contributed by atoms with E-state index in [1.54, 1.807) is 65.8 Å². The average Bonchev–Trinajstić information content (AvgIpc) is 3.22. The van der Waals surface area contributed by atoms with Crippen LogP contribution < -0.4 is 4.90 Å². The first kappa shape index (κ1) is 16.6. The van der Waals surface area contributed by atoms with Crippen molar-refractivity contribution in [3.05, 3.63) is 78.4 Å². The van der Waals surface area contributed by atoms with Crippen LogP contribution in [0.1, 0.15) is 10.4 Å². The highest BCUT2D eigenvalue weighted by Crippen LogP contribution is 2.46. The van der Waals surface area contributed by atoms with E-state index in [0.717, 1.165) is 0 Å². The minimum Gasteiger partial charge on any atom is -0.292 e. The Morgan fingerprint density at radius 3 is 2.21 bits per heavy atom. The third-order valence-electron chi connectivity index (χ3n) is 5.63. The van der Waals surface area contributed by atoms with E-state index < -0.39 is 23.9 Å². The van der Waals surface area contributed by atoms with Gasteiger partial charge in [0.25, 0.3) is 0 Å². The maximum atomic E-state index is 13.3. The van der Waals surface area contributed by atoms with Crippen LogP contribution in [-0.2, 0) is 9.59 Å². The number of fused-ring (bicyclic) bond motifs is 3. The van der Waals surface area contributed by atoms with Gasteiger partial charge in [-0.2, -0.15) is 5.10 Å². The highest BCUT2D eigenvalue weighted by molar-refractivity contribution is 6.24. The lowest BCUT2D eigenvalue weighted by Crippen LogP contribution is -2.46. The first-order chi connectivity index (χ1) is 13.7. The van der Waals surface area contributed by atoms with Gasteiger partial charge >= 0.3 is 0 Å². The van der Waals surface area contributed by atoms with Crippen LogP contribution in [0.3, 0.4) is 0 Å². The molecule has 5 rings (SSSR count). The lowest BCUT2D eigenvalue weighted by Gasteiger charge is -2.30. The standard InChI is InChI=1S/C22H17N3O3/c26-20(14-8-3-1-4-9-14)19-18-17(16-12-7-13-23-25(16)19)21(27)24(22(18)28)15-10-5-2-6-11-15/h1-13,16-19H/t16-,17+,18-,19+/m1/s1. The van der Waals surface area contributed by atoms with E-state index in [-0.39, 0.29) is 17.6 Å². The predicted octanol–water partition coefficient (Wildman–Crippen LogP) is 2.28. The van der Waals surface area contributed by atoms with E-state index in [9.17, 15) is 14.4 Å². The summed E-state index contributed by atoms with van der Waals surface area (Å²) in [5.74, 6) is -2.19. The molecule has 2 aromatic carbocycles. The van der Waals surface area contributed by atoms with Crippen LogP contribution in [0.15, 0.2) is 77.9 Å². The molecule has 0 radical (unpaired) electrons. The van der Waals surface area contributed by atoms with Gasteiger partial charge in [-0.3, -0.25) is 19.4 Å². The fraction of sp³-hybridized carbons (Fsp3) is 0.182. The van der Waals surface area contributed by atoms with Crippen LogP contribution in [0.25, 0.3) is 0 Å². The SMILES string of the molecule is O=C(c1ccccc1)[C@@H]1[C@@H]2C(=O)N(c3ccccc3)C(=O)[C@H]2[C@H]2C=CC=NN21. The van der Waals surface area contributed by atoms with Gasteiger partial charge in [-0.25, -0.2) is 4.90 Å². The number of carbonyl (C=O) groups excluding carboxylic acids is 3. The molecule has 3 heterocycles. The maximum absolute atomic E-state index is 13.3. The molecule has 6 heteroatoms. The van der Waals surface area contributed by atoms with Gasteiger partial charge in [0, 0.05) is 11.8 Å². The summed E-state index contributed by atoms with van der Waals surface area (Å²) in [5, 5.41) is 5.97. The number of ketones is 1. The Morgan fingerprint density at radius 2 is 1.50 bits per heavy atom. The van der Waals surface area contributed by atoms with Crippen molar-refractivity contribution in [3.8, 4) is 0 Å². The van der Waals surface area contributed by atoms with Crippen molar-refractivity contribution < 1.29 is 14.4 Å². The second-order valence-electron chi connectivity index (χ2n) is 7.09. The molecule has 0 N–H and O–H groups in total. The fourth-order valence-electron chi connectivity index (χ4n) is 4.44. The van der Waals surface area contributed by atoms with Gasteiger partial charge in [-0.05, 0) is 18.2 Å². The van der Waals surface area contributed by atoms with Crippen LogP contribution in [0.2, 0.25) is 0 Å². The number of carbonyl (C=O) groups is 3. The number of allylic oxidation sites excluding steroid dienone is 1. The largest absolute Gasteiger partial charge is 0.292 e. The van der Waals surface area contributed by atoms with Gasteiger partial charge in [0.1, 0.15) is 6.04 Å². The predicted molar refractivity (Wildman–Crippen MR) is 104 cm³/mol. The number of benzene rings is 2. The quantitative estimate of drug-likeness (QED) is 0.613. The Labute approximate surface area is 161 Å². The van der Waals surface area contributed by atoms with Crippen LogP contribution in [0.4, 0.5) is 5.69 Å². The zero-order valence-corrected chi connectivity index (χ0v) is 14.9. The van der Waals surface area contributed by atoms with E-state index in [1.165, 1.54) is 4.90 Å². The number of rotatable bonds is 3. The number of para-hydroxylation sites is 1. The van der Waals surface area contributed by atoms with Crippen molar-refractivity contribution in [2.45, 2.75) is 12.1 Å². The highest BCUT2D eigenvalue weighted by Gasteiger charge is 2.64. The van der Waals surface area contributed by atoms with Crippen LogP contribution in [0, 0.1) is 11.8 Å². The van der Waals surface area contributed by atoms with Crippen molar-refractivity contribution in [2.24, 2.45) is 16.9 Å². The fourth-order valence-corrected chi connectivity index (χ4v) is 4.44. The van der Waals surface area contributed by atoms with E-state index in [2.05, 4.69) is 5.10 Å². The summed E-state index contributed by atoms with van der Waals surface area (Å²) in [6.07, 6.45) is 5.20. The van der Waals surface area contributed by atoms with Gasteiger partial charge in [0.05, 0.1) is 23.6 Å². The summed E-state index contributed by atoms with van der Waals surface area (Å²) >= 11 is 0. The molecule has 2 fully saturated rings. The number of Topliss-reactive ketones (excluding diaryl/α,β-unsaturated/α-hetero) is 1. The van der Waals surface area contributed by atoms with Crippen molar-refractivity contribution in [2.75, 3.05) is 4.90 Å². The lowest BCUT2D eigenvalue weighted by molar-refractivity contribution is -0.123. The van der Waals surface area contributed by atoms with Crippen LogP contribution in [0.5, 0.6) is 0 Å². The molecule has 0 aromatic heterocycles. The van der Waals surface area contributed by atoms with Crippen molar-refractivity contribution in [1.82, 2.24) is 5.01 Å². The normalized spacial score (nSPS) is 27.9. The minimum absolute atomic E-state index is 0.193. The van der Waals surface area contributed by atoms with Crippen LogP contribution >= 0.6 is 0 Å². The number of anilines is 1. The molecular formula is C22H17N3O3. The molecule has 6 nitrogen and oxygen atoms in total. The molecule has 0 unspecified atom stereocenters. The van der Waals surface area contributed by atoms with Gasteiger partial charge in [-0.1, -0.05) is 54.6 Å². The molecule has 0 bridgehead atoms. The molecule has 2 aromatic rings. The lowest BCUT2D eigenvalue weighted by atomic mass is 9.86. The zero-order chi connectivity index (χ0) is 19.3. The van der Waals surface area contributed by atoms with E-state index >= 15 is 0 Å². The van der Waals surface area contributed by atoms with Gasteiger partial charge in [0.15, 0.2) is 5.78 Å². The van der Waals surface area contributed by atoms with E-state index in [0.29, 0.717) is 11.3 Å². The van der Waals surface area contributed by atoms with Gasteiger partial charge in [0.2, 0.25) is 11.8 Å². The summed E-state index contributed by atoms with van der Waals surface area (Å²) in [7, 11) is 0. The molecule has 0 spiro atoms. The number of hydrogen-bond acceptors (Lipinski definition) is 5. The number of amides is 2. The smallest absolute Gasteiger partial charge is 0.240 e. The Kier molecular flexibility index (Phi) is 3.72.